The van der Waals surface area contributed by atoms with Gasteiger partial charge in [-0.25, -0.2) is 13.8 Å². The Kier molecular flexibility index (Phi) is 6.15. The second kappa shape index (κ2) is 9.19. The highest BCUT2D eigenvalue weighted by molar-refractivity contribution is 5.98. The summed E-state index contributed by atoms with van der Waals surface area (Å²) in [5.41, 5.74) is 7.48. The Labute approximate surface area is 194 Å². The summed E-state index contributed by atoms with van der Waals surface area (Å²) in [6, 6.07) is 11.3. The second-order valence-electron chi connectivity index (χ2n) is 7.84. The lowest BCUT2D eigenvalue weighted by Gasteiger charge is -2.29. The SMILES string of the molecule is Cc1cc2cc(C(=O)N(Cc3ccc(C#N)cn3)[C@H](C)c3ncccc3F)c(F)cc2nc1N. The molecule has 7 nitrogen and oxygen atoms in total. The number of anilines is 1. The van der Waals surface area contributed by atoms with E-state index in [-0.39, 0.29) is 23.6 Å². The van der Waals surface area contributed by atoms with Crippen molar-refractivity contribution in [3.8, 4) is 6.07 Å². The first-order chi connectivity index (χ1) is 16.3. The van der Waals surface area contributed by atoms with Crippen molar-refractivity contribution in [2.75, 3.05) is 5.73 Å². The highest BCUT2D eigenvalue weighted by Gasteiger charge is 2.28. The maximum absolute atomic E-state index is 15.1. The molecule has 0 saturated heterocycles. The lowest BCUT2D eigenvalue weighted by molar-refractivity contribution is 0.0659. The van der Waals surface area contributed by atoms with Gasteiger partial charge in [0.05, 0.1) is 40.6 Å². The van der Waals surface area contributed by atoms with Crippen LogP contribution in [0, 0.1) is 29.9 Å². The summed E-state index contributed by atoms with van der Waals surface area (Å²) >= 11 is 0. The Balaban J connectivity index is 1.79. The van der Waals surface area contributed by atoms with Gasteiger partial charge in [0.1, 0.15) is 23.5 Å². The predicted octanol–water partition coefficient (Wildman–Crippen LogP) is 4.47. The zero-order chi connectivity index (χ0) is 24.4. The topological polar surface area (TPSA) is 109 Å². The van der Waals surface area contributed by atoms with Crippen molar-refractivity contribution < 1.29 is 13.6 Å². The molecule has 0 bridgehead atoms. The maximum atomic E-state index is 15.1. The van der Waals surface area contributed by atoms with Crippen LogP contribution in [0.25, 0.3) is 10.9 Å². The number of rotatable bonds is 5. The number of benzene rings is 1. The summed E-state index contributed by atoms with van der Waals surface area (Å²) in [7, 11) is 0. The highest BCUT2D eigenvalue weighted by atomic mass is 19.1. The van der Waals surface area contributed by atoms with Crippen LogP contribution in [0.3, 0.4) is 0 Å². The number of carbonyl (C=O) groups is 1. The fourth-order valence-electron chi connectivity index (χ4n) is 3.63. The quantitative estimate of drug-likeness (QED) is 0.473. The summed E-state index contributed by atoms with van der Waals surface area (Å²) in [6.07, 6.45) is 2.80. The molecule has 3 aromatic heterocycles. The van der Waals surface area contributed by atoms with Crippen LogP contribution in [0.5, 0.6) is 0 Å². The van der Waals surface area contributed by atoms with Crippen LogP contribution in [-0.2, 0) is 6.54 Å². The number of aryl methyl sites for hydroxylation is 1. The molecule has 9 heteroatoms. The molecule has 1 amide bonds. The number of hydrogen-bond donors (Lipinski definition) is 1. The Bertz CT molecular complexity index is 1430. The van der Waals surface area contributed by atoms with Crippen LogP contribution < -0.4 is 5.73 Å². The molecule has 0 aliphatic heterocycles. The number of halogens is 2. The van der Waals surface area contributed by atoms with Crippen LogP contribution in [0.2, 0.25) is 0 Å². The number of hydrogen-bond acceptors (Lipinski definition) is 6. The van der Waals surface area contributed by atoms with E-state index in [0.717, 1.165) is 6.07 Å². The Hall–Kier alpha value is -4.45. The molecule has 34 heavy (non-hydrogen) atoms. The van der Waals surface area contributed by atoms with Crippen molar-refractivity contribution in [2.24, 2.45) is 0 Å². The molecule has 170 valence electrons. The lowest BCUT2D eigenvalue weighted by Crippen LogP contribution is -2.35. The monoisotopic (exact) mass is 458 g/mol. The van der Waals surface area contributed by atoms with Crippen LogP contribution >= 0.6 is 0 Å². The van der Waals surface area contributed by atoms with Gasteiger partial charge in [0, 0.05) is 23.8 Å². The molecule has 1 aromatic carbocycles. The van der Waals surface area contributed by atoms with Gasteiger partial charge in [-0.05, 0) is 55.8 Å². The second-order valence-corrected chi connectivity index (χ2v) is 7.84. The van der Waals surface area contributed by atoms with Crippen molar-refractivity contribution in [1.82, 2.24) is 19.9 Å². The van der Waals surface area contributed by atoms with Crippen LogP contribution in [-0.4, -0.2) is 25.8 Å². The molecule has 0 fully saturated rings. The molecule has 2 N–H and O–H groups in total. The number of nitrogens with zero attached hydrogens (tertiary/aromatic N) is 5. The molecule has 0 aliphatic rings. The molecule has 4 aromatic rings. The summed E-state index contributed by atoms with van der Waals surface area (Å²) in [5.74, 6) is -1.76. The first kappa shape index (κ1) is 22.7. The van der Waals surface area contributed by atoms with Crippen molar-refractivity contribution in [3.63, 3.8) is 0 Å². The van der Waals surface area contributed by atoms with Gasteiger partial charge in [-0.15, -0.1) is 0 Å². The van der Waals surface area contributed by atoms with E-state index in [2.05, 4.69) is 15.0 Å². The van der Waals surface area contributed by atoms with E-state index in [1.807, 2.05) is 6.07 Å². The summed E-state index contributed by atoms with van der Waals surface area (Å²) < 4.78 is 29.6. The minimum absolute atomic E-state index is 0.0379. The van der Waals surface area contributed by atoms with Gasteiger partial charge in [-0.2, -0.15) is 5.26 Å². The highest BCUT2D eigenvalue weighted by Crippen LogP contribution is 2.28. The lowest BCUT2D eigenvalue weighted by atomic mass is 10.0. The summed E-state index contributed by atoms with van der Waals surface area (Å²) in [5, 5.41) is 9.56. The third-order valence-electron chi connectivity index (χ3n) is 5.56. The Morgan fingerprint density at radius 2 is 1.97 bits per heavy atom. The van der Waals surface area contributed by atoms with E-state index in [4.69, 9.17) is 11.0 Å². The van der Waals surface area contributed by atoms with Crippen molar-refractivity contribution in [3.05, 3.63) is 94.6 Å². The number of amides is 1. The smallest absolute Gasteiger partial charge is 0.257 e. The van der Waals surface area contributed by atoms with E-state index in [0.29, 0.717) is 27.7 Å². The van der Waals surface area contributed by atoms with E-state index in [1.165, 1.54) is 35.5 Å². The van der Waals surface area contributed by atoms with Crippen LogP contribution in [0.1, 0.15) is 45.8 Å². The van der Waals surface area contributed by atoms with Gasteiger partial charge in [-0.1, -0.05) is 0 Å². The molecule has 0 aliphatic carbocycles. The Morgan fingerprint density at radius 1 is 1.18 bits per heavy atom. The minimum atomic E-state index is -0.840. The first-order valence-corrected chi connectivity index (χ1v) is 10.4. The molecular weight excluding hydrogens is 438 g/mol. The largest absolute Gasteiger partial charge is 0.383 e. The number of aromatic nitrogens is 3. The summed E-state index contributed by atoms with van der Waals surface area (Å²) in [6.45, 7) is 3.32. The number of pyridine rings is 3. The van der Waals surface area contributed by atoms with Gasteiger partial charge in [-0.3, -0.25) is 14.8 Å². The zero-order valence-electron chi connectivity index (χ0n) is 18.5. The van der Waals surface area contributed by atoms with Gasteiger partial charge >= 0.3 is 0 Å². The number of fused-ring (bicyclic) bond motifs is 1. The van der Waals surface area contributed by atoms with Crippen LogP contribution in [0.15, 0.2) is 54.9 Å². The molecule has 0 unspecified atom stereocenters. The summed E-state index contributed by atoms with van der Waals surface area (Å²) in [4.78, 5) is 27.4. The Morgan fingerprint density at radius 3 is 2.65 bits per heavy atom. The predicted molar refractivity (Wildman–Crippen MR) is 122 cm³/mol. The molecule has 3 heterocycles. The van der Waals surface area contributed by atoms with Crippen molar-refractivity contribution >= 4 is 22.6 Å². The first-order valence-electron chi connectivity index (χ1n) is 10.4. The van der Waals surface area contributed by atoms with E-state index in [1.54, 1.807) is 32.0 Å². The van der Waals surface area contributed by atoms with Crippen LogP contribution in [0.4, 0.5) is 14.6 Å². The molecule has 0 saturated carbocycles. The molecule has 0 spiro atoms. The number of nitriles is 1. The van der Waals surface area contributed by atoms with E-state index >= 15 is 4.39 Å². The standard InChI is InChI=1S/C25H20F2N6O/c1-14-8-17-9-19(21(27)10-22(17)32-24(14)29)25(34)33(13-18-6-5-16(11-28)12-31-18)15(2)23-20(26)4-3-7-30-23/h3-10,12,15H,13H2,1-2H3,(H2,29,32)/t15-/m1/s1. The minimum Gasteiger partial charge on any atom is -0.383 e. The van der Waals surface area contributed by atoms with Crippen molar-refractivity contribution in [1.29, 1.82) is 5.26 Å². The van der Waals surface area contributed by atoms with E-state index < -0.39 is 23.6 Å². The maximum Gasteiger partial charge on any atom is 0.257 e. The van der Waals surface area contributed by atoms with Gasteiger partial charge < -0.3 is 10.6 Å². The fourth-order valence-corrected chi connectivity index (χ4v) is 3.63. The van der Waals surface area contributed by atoms with Gasteiger partial charge in [0.25, 0.3) is 5.91 Å². The van der Waals surface area contributed by atoms with Crippen molar-refractivity contribution in [2.45, 2.75) is 26.4 Å². The average Bonchev–Trinajstić information content (AvgIpc) is 2.83. The normalized spacial score (nSPS) is 11.7. The van der Waals surface area contributed by atoms with E-state index in [9.17, 15) is 9.18 Å². The zero-order valence-corrected chi connectivity index (χ0v) is 18.5. The van der Waals surface area contributed by atoms with Gasteiger partial charge in [0.2, 0.25) is 0 Å². The third-order valence-corrected chi connectivity index (χ3v) is 5.56. The molecular formula is C25H20F2N6O. The molecule has 0 radical (unpaired) electrons. The average molecular weight is 458 g/mol. The molecule has 1 atom stereocenters. The third kappa shape index (κ3) is 4.38. The molecule has 4 rings (SSSR count). The van der Waals surface area contributed by atoms with Gasteiger partial charge in [0.15, 0.2) is 0 Å². The fraction of sp³-hybridized carbons (Fsp3) is 0.160. The number of carbonyl (C=O) groups excluding carboxylic acids is 1. The number of nitrogen functional groups attached to an aromatic ring is 1. The number of nitrogens with two attached hydrogens (primary N) is 1.